The van der Waals surface area contributed by atoms with Crippen LogP contribution in [0.4, 0.5) is 0 Å². The molecule has 0 spiro atoms. The summed E-state index contributed by atoms with van der Waals surface area (Å²) < 4.78 is 16.6. The molecule has 3 N–H and O–H groups in total. The average Bonchev–Trinajstić information content (AvgIpc) is 2.68. The summed E-state index contributed by atoms with van der Waals surface area (Å²) in [6.45, 7) is 9.78. The maximum atomic E-state index is 9.10. The highest BCUT2D eigenvalue weighted by Crippen LogP contribution is 2.24. The summed E-state index contributed by atoms with van der Waals surface area (Å²) in [5, 5.41) is 18.1. The minimum Gasteiger partial charge on any atom is -0.497 e. The van der Waals surface area contributed by atoms with Crippen LogP contribution in [0.2, 0.25) is 0 Å². The zero-order valence-electron chi connectivity index (χ0n) is 16.6. The van der Waals surface area contributed by atoms with Crippen LogP contribution in [-0.4, -0.2) is 62.2 Å². The molecule has 8 heteroatoms. The van der Waals surface area contributed by atoms with Crippen molar-refractivity contribution >= 4 is 11.9 Å². The third-order valence-electron chi connectivity index (χ3n) is 3.43. The molecule has 8 nitrogen and oxygen atoms in total. The Balaban J connectivity index is 0.00000105. The van der Waals surface area contributed by atoms with Crippen LogP contribution in [0.1, 0.15) is 25.3 Å². The van der Waals surface area contributed by atoms with Gasteiger partial charge in [0.25, 0.3) is 0 Å². The van der Waals surface area contributed by atoms with E-state index in [2.05, 4.69) is 18.8 Å². The van der Waals surface area contributed by atoms with Gasteiger partial charge in [-0.15, -0.1) is 6.58 Å². The second-order valence-corrected chi connectivity index (χ2v) is 5.64. The number of unbranched alkanes of at least 4 members (excludes halogenated alkanes) is 1. The van der Waals surface area contributed by atoms with Crippen molar-refractivity contribution in [1.29, 1.82) is 0 Å². The molecule has 0 aliphatic carbocycles. The van der Waals surface area contributed by atoms with E-state index in [1.165, 1.54) is 12.8 Å². The monoisotopic (exact) mass is 397 g/mol. The predicted octanol–water partition coefficient (Wildman–Crippen LogP) is 2.36. The zero-order chi connectivity index (χ0) is 21.2. The summed E-state index contributed by atoms with van der Waals surface area (Å²) in [5.74, 6) is -1.95. The van der Waals surface area contributed by atoms with Crippen LogP contribution in [0.5, 0.6) is 11.5 Å². The number of carboxylic acids is 2. The molecule has 0 radical (unpaired) electrons. The Labute approximate surface area is 166 Å². The number of carboxylic acid groups (broad SMARTS) is 2. The quantitative estimate of drug-likeness (QED) is 0.264. The summed E-state index contributed by atoms with van der Waals surface area (Å²) in [5.41, 5.74) is 1.08. The molecule has 0 fully saturated rings. The Kier molecular flexibility index (Phi) is 15.1. The first-order chi connectivity index (χ1) is 13.5. The number of allylic oxidation sites excluding steroid dienone is 1. The molecule has 1 aromatic carbocycles. The van der Waals surface area contributed by atoms with Crippen molar-refractivity contribution in [1.82, 2.24) is 5.32 Å². The van der Waals surface area contributed by atoms with Crippen LogP contribution < -0.4 is 14.8 Å². The van der Waals surface area contributed by atoms with E-state index in [9.17, 15) is 0 Å². The van der Waals surface area contributed by atoms with Gasteiger partial charge in [-0.05, 0) is 37.6 Å². The largest absolute Gasteiger partial charge is 0.497 e. The van der Waals surface area contributed by atoms with E-state index < -0.39 is 11.9 Å². The van der Waals surface area contributed by atoms with Gasteiger partial charge in [0.2, 0.25) is 0 Å². The molecule has 0 aromatic heterocycles. The molecular formula is C20H31NO7. The van der Waals surface area contributed by atoms with Crippen LogP contribution >= 0.6 is 0 Å². The van der Waals surface area contributed by atoms with Gasteiger partial charge in [0, 0.05) is 12.1 Å². The molecular weight excluding hydrogens is 366 g/mol. The van der Waals surface area contributed by atoms with Crippen molar-refractivity contribution in [2.75, 3.05) is 40.0 Å². The average molecular weight is 397 g/mol. The lowest BCUT2D eigenvalue weighted by Crippen LogP contribution is -2.21. The van der Waals surface area contributed by atoms with E-state index in [0.717, 1.165) is 43.2 Å². The summed E-state index contributed by atoms with van der Waals surface area (Å²) in [7, 11) is 1.66. The molecule has 0 amide bonds. The van der Waals surface area contributed by atoms with E-state index >= 15 is 0 Å². The lowest BCUT2D eigenvalue weighted by Gasteiger charge is -2.12. The van der Waals surface area contributed by atoms with E-state index in [-0.39, 0.29) is 0 Å². The van der Waals surface area contributed by atoms with E-state index in [4.69, 9.17) is 34.0 Å². The van der Waals surface area contributed by atoms with Crippen molar-refractivity contribution in [3.05, 3.63) is 36.4 Å². The molecule has 1 aromatic rings. The molecule has 28 heavy (non-hydrogen) atoms. The molecule has 0 unspecified atom stereocenters. The number of rotatable bonds is 13. The summed E-state index contributed by atoms with van der Waals surface area (Å²) >= 11 is 0. The molecule has 0 aliphatic heterocycles. The number of hydrogen-bond acceptors (Lipinski definition) is 6. The number of carbonyl (C=O) groups is 2. The molecule has 0 atom stereocenters. The summed E-state index contributed by atoms with van der Waals surface area (Å²) in [6.07, 6.45) is 5.05. The van der Waals surface area contributed by atoms with Crippen LogP contribution in [-0.2, 0) is 20.7 Å². The Bertz CT molecular complexity index is 578. The predicted molar refractivity (Wildman–Crippen MR) is 106 cm³/mol. The van der Waals surface area contributed by atoms with Crippen molar-refractivity contribution < 1.29 is 34.0 Å². The van der Waals surface area contributed by atoms with Crippen molar-refractivity contribution in [3.63, 3.8) is 0 Å². The fourth-order valence-electron chi connectivity index (χ4n) is 2.02. The van der Waals surface area contributed by atoms with Crippen LogP contribution in [0, 0.1) is 0 Å². The standard InChI is InChI=1S/C18H29NO3.C2H2O4/c1-4-6-10-19-11-12-21-13-14-22-18-9-8-17(20-3)15-16(18)7-5-2;3-1(4)2(5)6/h5,8-9,15,19H,2,4,6-7,10-14H2,1,3H3;(H,3,4)(H,5,6). The highest BCUT2D eigenvalue weighted by atomic mass is 16.5. The molecule has 1 rings (SSSR count). The lowest BCUT2D eigenvalue weighted by atomic mass is 10.1. The van der Waals surface area contributed by atoms with Crippen molar-refractivity contribution in [2.45, 2.75) is 26.2 Å². The number of ether oxygens (including phenoxy) is 3. The second-order valence-electron chi connectivity index (χ2n) is 5.64. The summed E-state index contributed by atoms with van der Waals surface area (Å²) in [4.78, 5) is 18.2. The minimum absolute atomic E-state index is 0.547. The maximum Gasteiger partial charge on any atom is 0.414 e. The van der Waals surface area contributed by atoms with Gasteiger partial charge in [-0.2, -0.15) is 0 Å². The van der Waals surface area contributed by atoms with Gasteiger partial charge < -0.3 is 29.7 Å². The minimum atomic E-state index is -1.82. The first kappa shape index (κ1) is 25.4. The van der Waals surface area contributed by atoms with Crippen molar-refractivity contribution in [3.8, 4) is 11.5 Å². The molecule has 0 saturated carbocycles. The fourth-order valence-corrected chi connectivity index (χ4v) is 2.02. The topological polar surface area (TPSA) is 114 Å². The fraction of sp³-hybridized carbons (Fsp3) is 0.500. The first-order valence-electron chi connectivity index (χ1n) is 9.11. The number of nitrogens with one attached hydrogen (secondary N) is 1. The Hall–Kier alpha value is -2.58. The number of aliphatic carboxylic acids is 2. The summed E-state index contributed by atoms with van der Waals surface area (Å²) in [6, 6.07) is 5.82. The Morgan fingerprint density at radius 3 is 2.43 bits per heavy atom. The van der Waals surface area contributed by atoms with Crippen LogP contribution in [0.15, 0.2) is 30.9 Å². The first-order valence-corrected chi connectivity index (χ1v) is 9.11. The third kappa shape index (κ3) is 12.7. The zero-order valence-corrected chi connectivity index (χ0v) is 16.6. The SMILES string of the molecule is C=CCc1cc(OC)ccc1OCCOCCNCCCC.O=C(O)C(=O)O. The Morgan fingerprint density at radius 2 is 1.86 bits per heavy atom. The normalized spacial score (nSPS) is 9.79. The highest BCUT2D eigenvalue weighted by Gasteiger charge is 2.05. The van der Waals surface area contributed by atoms with Gasteiger partial charge in [-0.1, -0.05) is 19.4 Å². The van der Waals surface area contributed by atoms with Crippen LogP contribution in [0.25, 0.3) is 0 Å². The van der Waals surface area contributed by atoms with Crippen LogP contribution in [0.3, 0.4) is 0 Å². The molecule has 0 bridgehead atoms. The highest BCUT2D eigenvalue weighted by molar-refractivity contribution is 6.27. The van der Waals surface area contributed by atoms with E-state index in [1.807, 2.05) is 24.3 Å². The van der Waals surface area contributed by atoms with Gasteiger partial charge in [0.15, 0.2) is 0 Å². The van der Waals surface area contributed by atoms with Gasteiger partial charge in [-0.25, -0.2) is 9.59 Å². The second kappa shape index (κ2) is 16.6. The maximum absolute atomic E-state index is 9.10. The lowest BCUT2D eigenvalue weighted by molar-refractivity contribution is -0.159. The molecule has 0 heterocycles. The number of benzene rings is 1. The van der Waals surface area contributed by atoms with Gasteiger partial charge >= 0.3 is 11.9 Å². The van der Waals surface area contributed by atoms with E-state index in [1.54, 1.807) is 7.11 Å². The Morgan fingerprint density at radius 1 is 1.14 bits per heavy atom. The van der Waals surface area contributed by atoms with Gasteiger partial charge in [0.1, 0.15) is 18.1 Å². The van der Waals surface area contributed by atoms with Crippen molar-refractivity contribution in [2.24, 2.45) is 0 Å². The van der Waals surface area contributed by atoms with E-state index in [0.29, 0.717) is 13.2 Å². The number of hydrogen-bond donors (Lipinski definition) is 3. The smallest absolute Gasteiger partial charge is 0.414 e. The molecule has 158 valence electrons. The molecule has 0 saturated heterocycles. The van der Waals surface area contributed by atoms with Gasteiger partial charge in [-0.3, -0.25) is 0 Å². The molecule has 0 aliphatic rings. The number of methoxy groups -OCH3 is 1. The third-order valence-corrected chi connectivity index (χ3v) is 3.43. The van der Waals surface area contributed by atoms with Gasteiger partial charge in [0.05, 0.1) is 20.3 Å².